The van der Waals surface area contributed by atoms with Crippen LogP contribution in [0, 0.1) is 0 Å². The van der Waals surface area contributed by atoms with Crippen molar-refractivity contribution in [2.24, 2.45) is 0 Å². The molecule has 0 aromatic heterocycles. The molecule has 2 amide bonds. The number of imide groups is 1. The van der Waals surface area contributed by atoms with Crippen LogP contribution in [0.3, 0.4) is 0 Å². The first kappa shape index (κ1) is 20.8. The SMILES string of the molecule is COc1ccc(OCCN2C(=O)C(Sc3ccccc3)=C(c3ccccc3)C2=O)cc1. The lowest BCUT2D eigenvalue weighted by atomic mass is 10.1. The number of carbonyl (C=O) groups excluding carboxylic acids is 2. The fraction of sp³-hybridized carbons (Fsp3) is 0.120. The molecule has 3 aromatic carbocycles. The molecular weight excluding hydrogens is 410 g/mol. The quantitative estimate of drug-likeness (QED) is 0.486. The zero-order valence-electron chi connectivity index (χ0n) is 17.0. The van der Waals surface area contributed by atoms with Crippen molar-refractivity contribution >= 4 is 29.1 Å². The van der Waals surface area contributed by atoms with Gasteiger partial charge < -0.3 is 9.47 Å². The highest BCUT2D eigenvalue weighted by Crippen LogP contribution is 2.39. The van der Waals surface area contributed by atoms with E-state index in [0.29, 0.717) is 16.2 Å². The van der Waals surface area contributed by atoms with Crippen LogP contribution in [0.25, 0.3) is 5.57 Å². The van der Waals surface area contributed by atoms with Gasteiger partial charge in [0.15, 0.2) is 0 Å². The number of ether oxygens (including phenoxy) is 2. The van der Waals surface area contributed by atoms with Crippen LogP contribution in [0.5, 0.6) is 11.5 Å². The molecule has 1 aliphatic rings. The van der Waals surface area contributed by atoms with Gasteiger partial charge in [-0.2, -0.15) is 0 Å². The molecule has 5 nitrogen and oxygen atoms in total. The number of methoxy groups -OCH3 is 1. The molecule has 0 spiro atoms. The molecule has 1 heterocycles. The van der Waals surface area contributed by atoms with Gasteiger partial charge in [-0.05, 0) is 42.0 Å². The third kappa shape index (κ3) is 4.64. The average Bonchev–Trinajstić information content (AvgIpc) is 3.05. The van der Waals surface area contributed by atoms with E-state index in [-0.39, 0.29) is 25.0 Å². The molecule has 3 aromatic rings. The summed E-state index contributed by atoms with van der Waals surface area (Å²) < 4.78 is 10.9. The van der Waals surface area contributed by atoms with Crippen molar-refractivity contribution < 1.29 is 19.1 Å². The van der Waals surface area contributed by atoms with E-state index in [1.54, 1.807) is 31.4 Å². The smallest absolute Gasteiger partial charge is 0.268 e. The van der Waals surface area contributed by atoms with Crippen molar-refractivity contribution in [3.8, 4) is 11.5 Å². The van der Waals surface area contributed by atoms with Crippen molar-refractivity contribution in [2.45, 2.75) is 4.90 Å². The molecule has 0 bridgehead atoms. The minimum atomic E-state index is -0.298. The highest BCUT2D eigenvalue weighted by Gasteiger charge is 2.39. The fourth-order valence-corrected chi connectivity index (χ4v) is 4.28. The second-order valence-corrected chi connectivity index (χ2v) is 7.85. The Labute approximate surface area is 185 Å². The van der Waals surface area contributed by atoms with Gasteiger partial charge in [-0.3, -0.25) is 14.5 Å². The molecule has 156 valence electrons. The maximum Gasteiger partial charge on any atom is 0.268 e. The predicted octanol–water partition coefficient (Wildman–Crippen LogP) is 4.65. The van der Waals surface area contributed by atoms with E-state index < -0.39 is 0 Å². The summed E-state index contributed by atoms with van der Waals surface area (Å²) in [6.07, 6.45) is 0. The number of rotatable bonds is 8. The summed E-state index contributed by atoms with van der Waals surface area (Å²) in [6.45, 7) is 0.369. The van der Waals surface area contributed by atoms with Crippen LogP contribution in [0.4, 0.5) is 0 Å². The molecule has 0 radical (unpaired) electrons. The highest BCUT2D eigenvalue weighted by atomic mass is 32.2. The number of carbonyl (C=O) groups is 2. The van der Waals surface area contributed by atoms with Crippen LogP contribution in [-0.4, -0.2) is 37.0 Å². The second kappa shape index (κ2) is 9.53. The number of nitrogens with zero attached hydrogens (tertiary/aromatic N) is 1. The molecule has 6 heteroatoms. The summed E-state index contributed by atoms with van der Waals surface area (Å²) in [5.74, 6) is 0.788. The Balaban J connectivity index is 1.52. The van der Waals surface area contributed by atoms with Crippen LogP contribution in [0.1, 0.15) is 5.56 Å². The minimum Gasteiger partial charge on any atom is -0.497 e. The Hall–Kier alpha value is -3.51. The van der Waals surface area contributed by atoms with Crippen LogP contribution >= 0.6 is 11.8 Å². The van der Waals surface area contributed by atoms with Crippen LogP contribution in [0.15, 0.2) is 94.7 Å². The van der Waals surface area contributed by atoms with E-state index in [1.165, 1.54) is 16.7 Å². The third-order valence-electron chi connectivity index (χ3n) is 4.79. The maximum absolute atomic E-state index is 13.2. The van der Waals surface area contributed by atoms with Gasteiger partial charge in [0.05, 0.1) is 24.1 Å². The first-order valence-corrected chi connectivity index (χ1v) is 10.6. The normalized spacial score (nSPS) is 13.6. The fourth-order valence-electron chi connectivity index (χ4n) is 3.24. The Kier molecular flexibility index (Phi) is 6.38. The molecule has 4 rings (SSSR count). The number of thioether (sulfide) groups is 1. The van der Waals surface area contributed by atoms with Crippen molar-refractivity contribution in [3.05, 3.63) is 95.4 Å². The maximum atomic E-state index is 13.2. The van der Waals surface area contributed by atoms with Crippen molar-refractivity contribution in [1.29, 1.82) is 0 Å². The zero-order chi connectivity index (χ0) is 21.6. The molecule has 0 fully saturated rings. The molecule has 0 aliphatic carbocycles. The predicted molar refractivity (Wildman–Crippen MR) is 121 cm³/mol. The van der Waals surface area contributed by atoms with E-state index >= 15 is 0 Å². The molecule has 0 unspecified atom stereocenters. The molecular formula is C25H21NO4S. The van der Waals surface area contributed by atoms with Crippen LogP contribution in [0.2, 0.25) is 0 Å². The zero-order valence-corrected chi connectivity index (χ0v) is 17.8. The van der Waals surface area contributed by atoms with Gasteiger partial charge in [-0.25, -0.2) is 0 Å². The second-order valence-electron chi connectivity index (χ2n) is 6.77. The lowest BCUT2D eigenvalue weighted by Crippen LogP contribution is -2.35. The van der Waals surface area contributed by atoms with Crippen LogP contribution < -0.4 is 9.47 Å². The van der Waals surface area contributed by atoms with E-state index in [9.17, 15) is 9.59 Å². The molecule has 0 saturated carbocycles. The minimum absolute atomic E-state index is 0.166. The lowest BCUT2D eigenvalue weighted by Gasteiger charge is -2.16. The van der Waals surface area contributed by atoms with Crippen molar-refractivity contribution in [3.63, 3.8) is 0 Å². The van der Waals surface area contributed by atoms with Gasteiger partial charge in [0, 0.05) is 4.90 Å². The summed E-state index contributed by atoms with van der Waals surface area (Å²) >= 11 is 1.32. The van der Waals surface area contributed by atoms with Crippen molar-refractivity contribution in [2.75, 3.05) is 20.3 Å². The summed E-state index contributed by atoms with van der Waals surface area (Å²) in [5, 5.41) is 0. The summed E-state index contributed by atoms with van der Waals surface area (Å²) in [5.41, 5.74) is 1.17. The summed E-state index contributed by atoms with van der Waals surface area (Å²) in [7, 11) is 1.60. The van der Waals surface area contributed by atoms with Gasteiger partial charge in [0.25, 0.3) is 11.8 Å². The molecule has 31 heavy (non-hydrogen) atoms. The summed E-state index contributed by atoms with van der Waals surface area (Å²) in [4.78, 5) is 29.0. The van der Waals surface area contributed by atoms with Gasteiger partial charge in [0.1, 0.15) is 18.1 Å². The van der Waals surface area contributed by atoms with Gasteiger partial charge in [-0.15, -0.1) is 0 Å². The highest BCUT2D eigenvalue weighted by molar-refractivity contribution is 8.04. The Morgan fingerprint density at radius 2 is 1.39 bits per heavy atom. The Morgan fingerprint density at radius 3 is 2.03 bits per heavy atom. The number of hydrogen-bond acceptors (Lipinski definition) is 5. The number of hydrogen-bond donors (Lipinski definition) is 0. The van der Waals surface area contributed by atoms with E-state index in [4.69, 9.17) is 9.47 Å². The average molecular weight is 432 g/mol. The summed E-state index contributed by atoms with van der Waals surface area (Å²) in [6, 6.07) is 26.1. The molecule has 0 saturated heterocycles. The lowest BCUT2D eigenvalue weighted by molar-refractivity contribution is -0.136. The van der Waals surface area contributed by atoms with E-state index in [0.717, 1.165) is 16.2 Å². The monoisotopic (exact) mass is 431 g/mol. The molecule has 0 atom stereocenters. The molecule has 0 N–H and O–H groups in total. The van der Waals surface area contributed by atoms with E-state index in [2.05, 4.69) is 0 Å². The first-order valence-electron chi connectivity index (χ1n) is 9.83. The molecule has 1 aliphatic heterocycles. The third-order valence-corrected chi connectivity index (χ3v) is 5.88. The number of benzene rings is 3. The Morgan fingerprint density at radius 1 is 0.774 bits per heavy atom. The first-order chi connectivity index (χ1) is 15.2. The van der Waals surface area contributed by atoms with Gasteiger partial charge in [-0.1, -0.05) is 60.3 Å². The van der Waals surface area contributed by atoms with E-state index in [1.807, 2.05) is 60.7 Å². The van der Waals surface area contributed by atoms with Gasteiger partial charge in [0.2, 0.25) is 0 Å². The van der Waals surface area contributed by atoms with Crippen molar-refractivity contribution in [1.82, 2.24) is 4.90 Å². The topological polar surface area (TPSA) is 55.8 Å². The standard InChI is InChI=1S/C25H21NO4S/c1-29-19-12-14-20(15-13-19)30-17-16-26-24(27)22(18-8-4-2-5-9-18)23(25(26)28)31-21-10-6-3-7-11-21/h2-15H,16-17H2,1H3. The van der Waals surface area contributed by atoms with Crippen LogP contribution in [-0.2, 0) is 9.59 Å². The van der Waals surface area contributed by atoms with Gasteiger partial charge >= 0.3 is 0 Å². The number of amides is 2. The Bertz CT molecular complexity index is 1100. The largest absolute Gasteiger partial charge is 0.497 e.